The number of anilines is 2. The third-order valence-corrected chi connectivity index (χ3v) is 7.97. The molecule has 1 saturated carbocycles. The van der Waals surface area contributed by atoms with Gasteiger partial charge in [-0.15, -0.1) is 5.10 Å². The van der Waals surface area contributed by atoms with Crippen LogP contribution in [0.15, 0.2) is 36.4 Å². The van der Waals surface area contributed by atoms with Crippen LogP contribution >= 0.6 is 0 Å². The number of aromatic nitrogens is 4. The minimum Gasteiger partial charge on any atom is -0.481 e. The van der Waals surface area contributed by atoms with Gasteiger partial charge < -0.3 is 14.9 Å². The summed E-state index contributed by atoms with van der Waals surface area (Å²) < 4.78 is 123. The van der Waals surface area contributed by atoms with Gasteiger partial charge in [0.05, 0.1) is 29.7 Å². The van der Waals surface area contributed by atoms with Crippen molar-refractivity contribution in [2.45, 2.75) is 64.2 Å². The Morgan fingerprint density at radius 3 is 1.91 bits per heavy atom. The van der Waals surface area contributed by atoms with Crippen molar-refractivity contribution in [2.75, 3.05) is 22.9 Å². The van der Waals surface area contributed by atoms with Crippen LogP contribution < -0.4 is 9.80 Å². The fourth-order valence-corrected chi connectivity index (χ4v) is 5.63. The number of aliphatic carboxylic acids is 1. The van der Waals surface area contributed by atoms with Gasteiger partial charge in [0.15, 0.2) is 0 Å². The number of hydrogen-bond donors (Lipinski definition) is 1. The van der Waals surface area contributed by atoms with Crippen molar-refractivity contribution >= 4 is 17.6 Å². The summed E-state index contributed by atoms with van der Waals surface area (Å²) in [4.78, 5) is 15.4. The van der Waals surface area contributed by atoms with Gasteiger partial charge in [0.2, 0.25) is 0 Å². The second-order valence-electron chi connectivity index (χ2n) is 11.3. The maximum Gasteiger partial charge on any atom is 0.416 e. The molecular weight excluding hydrogens is 635 g/mol. The van der Waals surface area contributed by atoms with Gasteiger partial charge in [-0.2, -0.15) is 44.3 Å². The van der Waals surface area contributed by atoms with Crippen LogP contribution in [0.2, 0.25) is 0 Å². The van der Waals surface area contributed by atoms with Gasteiger partial charge in [0, 0.05) is 31.9 Å². The largest absolute Gasteiger partial charge is 0.481 e. The second-order valence-corrected chi connectivity index (χ2v) is 11.3. The second kappa shape index (κ2) is 13.4. The molecule has 1 N–H and O–H groups in total. The normalized spacial score (nSPS) is 17.6. The van der Waals surface area contributed by atoms with Crippen molar-refractivity contribution in [3.8, 4) is 0 Å². The summed E-state index contributed by atoms with van der Waals surface area (Å²) in [5, 5.41) is 20.9. The third-order valence-electron chi connectivity index (χ3n) is 7.97. The minimum atomic E-state index is -5.11. The van der Waals surface area contributed by atoms with Crippen LogP contribution in [0, 0.1) is 11.8 Å². The lowest BCUT2D eigenvalue weighted by Gasteiger charge is -2.34. The van der Waals surface area contributed by atoms with E-state index in [1.807, 2.05) is 4.90 Å². The highest BCUT2D eigenvalue weighted by molar-refractivity contribution is 5.70. The Morgan fingerprint density at radius 2 is 1.43 bits per heavy atom. The number of nitrogens with zero attached hydrogens (tertiary/aromatic N) is 6. The maximum absolute atomic E-state index is 13.9. The molecule has 17 heteroatoms. The lowest BCUT2D eigenvalue weighted by molar-refractivity contribution is -0.144. The number of carboxylic acid groups (broad SMARTS) is 1. The number of halogens is 9. The highest BCUT2D eigenvalue weighted by atomic mass is 19.4. The monoisotopic (exact) mass is 666 g/mol. The molecule has 46 heavy (non-hydrogen) atoms. The van der Waals surface area contributed by atoms with Crippen LogP contribution in [0.25, 0.3) is 0 Å². The maximum atomic E-state index is 13.9. The van der Waals surface area contributed by atoms with Crippen LogP contribution in [-0.2, 0) is 43.5 Å². The number of rotatable bonds is 10. The number of carbonyl (C=O) groups is 1. The van der Waals surface area contributed by atoms with Crippen molar-refractivity contribution < 1.29 is 49.4 Å². The zero-order valence-corrected chi connectivity index (χ0v) is 24.7. The van der Waals surface area contributed by atoms with Gasteiger partial charge >= 0.3 is 24.5 Å². The molecule has 1 aromatic heterocycles. The predicted octanol–water partition coefficient (Wildman–Crippen LogP) is 7.19. The van der Waals surface area contributed by atoms with Gasteiger partial charge in [-0.1, -0.05) is 5.10 Å². The first-order valence-electron chi connectivity index (χ1n) is 14.3. The molecule has 0 amide bonds. The number of alkyl halides is 9. The van der Waals surface area contributed by atoms with E-state index in [1.165, 1.54) is 13.1 Å². The molecule has 1 fully saturated rings. The summed E-state index contributed by atoms with van der Waals surface area (Å²) >= 11 is 0. The van der Waals surface area contributed by atoms with Crippen LogP contribution in [0.5, 0.6) is 0 Å². The Kier molecular flexibility index (Phi) is 10.1. The first-order valence-corrected chi connectivity index (χ1v) is 14.3. The van der Waals surface area contributed by atoms with Crippen LogP contribution in [0.4, 0.5) is 51.1 Å². The lowest BCUT2D eigenvalue weighted by Crippen LogP contribution is -2.34. The van der Waals surface area contributed by atoms with Crippen LogP contribution in [0.3, 0.4) is 0 Å². The summed E-state index contributed by atoms with van der Waals surface area (Å²) in [6.45, 7) is 1.48. The van der Waals surface area contributed by atoms with Crippen molar-refractivity contribution in [2.24, 2.45) is 18.9 Å². The first kappa shape index (κ1) is 34.8. The standard InChI is InChI=1S/C29H31F9N6O2/c1-3-43(14-17-4-6-19(7-5-17)25(45)46)24-9-8-21(27(30,31)32)12-20(24)16-44(26-39-41-42(2)40-26)15-18-10-22(28(33,34)35)13-23(11-18)29(36,37)38/h8-13,17,19H,3-7,14-16H2,1-2H3,(H,45,46)/t17-,19-. The molecule has 0 radical (unpaired) electrons. The summed E-state index contributed by atoms with van der Waals surface area (Å²) in [5.41, 5.74) is -4.07. The Bertz CT molecular complexity index is 1480. The molecule has 8 nitrogen and oxygen atoms in total. The van der Waals surface area contributed by atoms with Crippen molar-refractivity contribution in [3.63, 3.8) is 0 Å². The molecule has 2 aromatic carbocycles. The van der Waals surface area contributed by atoms with Gasteiger partial charge in [0.1, 0.15) is 0 Å². The number of hydrogen-bond acceptors (Lipinski definition) is 6. The topological polar surface area (TPSA) is 87.4 Å². The fraction of sp³-hybridized carbons (Fsp3) is 0.517. The number of benzene rings is 2. The van der Waals surface area contributed by atoms with Crippen LogP contribution in [-0.4, -0.2) is 44.4 Å². The van der Waals surface area contributed by atoms with Crippen molar-refractivity contribution in [1.82, 2.24) is 20.2 Å². The highest BCUT2D eigenvalue weighted by Gasteiger charge is 2.37. The van der Waals surface area contributed by atoms with Gasteiger partial charge in [0.25, 0.3) is 5.95 Å². The average Bonchev–Trinajstić information content (AvgIpc) is 3.40. The number of tetrazole rings is 1. The Labute approximate surface area is 257 Å². The number of carboxylic acids is 1. The summed E-state index contributed by atoms with van der Waals surface area (Å²) in [6, 6.07) is 4.13. The molecule has 0 atom stereocenters. The predicted molar refractivity (Wildman–Crippen MR) is 148 cm³/mol. The van der Waals surface area contributed by atoms with Crippen molar-refractivity contribution in [1.29, 1.82) is 0 Å². The molecule has 3 aromatic rings. The molecule has 0 unspecified atom stereocenters. The molecule has 1 aliphatic rings. The molecule has 4 rings (SSSR count). The minimum absolute atomic E-state index is 0.0115. The van der Waals surface area contributed by atoms with Gasteiger partial charge in [-0.3, -0.25) is 4.79 Å². The number of aryl methyl sites for hydroxylation is 1. The van der Waals surface area contributed by atoms with E-state index >= 15 is 0 Å². The highest BCUT2D eigenvalue weighted by Crippen LogP contribution is 2.38. The van der Waals surface area contributed by atoms with E-state index in [2.05, 4.69) is 15.4 Å². The van der Waals surface area contributed by atoms with E-state index in [4.69, 9.17) is 0 Å². The van der Waals surface area contributed by atoms with E-state index in [-0.39, 0.29) is 23.5 Å². The Morgan fingerprint density at radius 1 is 0.848 bits per heavy atom. The molecule has 252 valence electrons. The molecule has 0 bridgehead atoms. The van der Waals surface area contributed by atoms with E-state index in [1.54, 1.807) is 6.92 Å². The van der Waals surface area contributed by atoms with Gasteiger partial charge in [-0.05, 0) is 91.3 Å². The zero-order chi connectivity index (χ0) is 34.0. The smallest absolute Gasteiger partial charge is 0.416 e. The van der Waals surface area contributed by atoms with Gasteiger partial charge in [-0.25, -0.2) is 0 Å². The quantitative estimate of drug-likeness (QED) is 0.229. The van der Waals surface area contributed by atoms with Crippen LogP contribution in [0.1, 0.15) is 60.4 Å². The Balaban J connectivity index is 1.74. The molecule has 0 saturated heterocycles. The van der Waals surface area contributed by atoms with Crippen molar-refractivity contribution in [3.05, 3.63) is 64.2 Å². The summed E-state index contributed by atoms with van der Waals surface area (Å²) in [5.74, 6) is -1.52. The van der Waals surface area contributed by atoms with E-state index in [9.17, 15) is 49.4 Å². The average molecular weight is 667 g/mol. The summed E-state index contributed by atoms with van der Waals surface area (Å²) in [7, 11) is 1.37. The zero-order valence-electron chi connectivity index (χ0n) is 24.7. The SMILES string of the molecule is CCN(C[C@H]1CC[C@H](C(=O)O)CC1)c1ccc(C(F)(F)F)cc1CN(Cc1cc(C(F)(F)F)cc(C(F)(F)F)c1)c1nnn(C)n1. The molecule has 0 spiro atoms. The summed E-state index contributed by atoms with van der Waals surface area (Å²) in [6.07, 6.45) is -12.9. The molecule has 1 aliphatic carbocycles. The van der Waals surface area contributed by atoms with E-state index < -0.39 is 65.8 Å². The first-order chi connectivity index (χ1) is 21.3. The lowest BCUT2D eigenvalue weighted by atomic mass is 9.81. The third kappa shape index (κ3) is 8.60. The molecule has 1 heterocycles. The van der Waals surface area contributed by atoms with E-state index in [0.29, 0.717) is 56.6 Å². The molecule has 0 aliphatic heterocycles. The molecular formula is C29H31F9N6O2. The fourth-order valence-electron chi connectivity index (χ4n) is 5.63. The Hall–Kier alpha value is -4.05. The van der Waals surface area contributed by atoms with E-state index in [0.717, 1.165) is 21.8 Å².